The number of amidine groups is 1. The summed E-state index contributed by atoms with van der Waals surface area (Å²) >= 11 is 0. The van der Waals surface area contributed by atoms with Crippen molar-refractivity contribution in [2.45, 2.75) is 0 Å². The van der Waals surface area contributed by atoms with Gasteiger partial charge in [-0.25, -0.2) is 0 Å². The van der Waals surface area contributed by atoms with Crippen molar-refractivity contribution in [1.29, 1.82) is 0 Å². The van der Waals surface area contributed by atoms with Gasteiger partial charge in [0.2, 0.25) is 0 Å². The monoisotopic (exact) mass is 308 g/mol. The van der Waals surface area contributed by atoms with Gasteiger partial charge in [0, 0.05) is 12.1 Å². The Morgan fingerprint density at radius 1 is 1.05 bits per heavy atom. The zero-order valence-corrected chi connectivity index (χ0v) is 12.3. The summed E-state index contributed by atoms with van der Waals surface area (Å²) in [5.74, 6) is 1.97. The molecule has 0 aliphatic carbocycles. The van der Waals surface area contributed by atoms with Crippen LogP contribution < -0.4 is 0 Å². The second-order valence-corrected chi connectivity index (χ2v) is 4.45. The molecule has 4 rings (SSSR count). The number of furan rings is 1. The summed E-state index contributed by atoms with van der Waals surface area (Å²) in [6, 6.07) is 12.3. The van der Waals surface area contributed by atoms with Crippen LogP contribution in [0, 0.1) is 0 Å². The van der Waals surface area contributed by atoms with Gasteiger partial charge in [0.15, 0.2) is 0 Å². The number of rotatable bonds is 1. The van der Waals surface area contributed by atoms with Gasteiger partial charge in [-0.05, 0) is 23.8 Å². The summed E-state index contributed by atoms with van der Waals surface area (Å²) in [6.45, 7) is 1.78. The highest BCUT2D eigenvalue weighted by atomic mass is 35.5. The Labute approximate surface area is 129 Å². The van der Waals surface area contributed by atoms with E-state index in [1.54, 1.807) is 6.26 Å². The van der Waals surface area contributed by atoms with Crippen LogP contribution in [0.5, 0.6) is 0 Å². The summed E-state index contributed by atoms with van der Waals surface area (Å²) < 4.78 is 5.53. The minimum absolute atomic E-state index is 0. The minimum atomic E-state index is 0. The van der Waals surface area contributed by atoms with Crippen LogP contribution in [0.25, 0.3) is 11.8 Å². The Morgan fingerprint density at radius 2 is 1.90 bits per heavy atom. The van der Waals surface area contributed by atoms with Gasteiger partial charge in [0.1, 0.15) is 11.6 Å². The van der Waals surface area contributed by atoms with E-state index >= 15 is 0 Å². The van der Waals surface area contributed by atoms with Crippen molar-refractivity contribution in [3.63, 3.8) is 0 Å². The van der Waals surface area contributed by atoms with Gasteiger partial charge in [-0.15, -0.1) is 24.8 Å². The van der Waals surface area contributed by atoms with Gasteiger partial charge in [0.25, 0.3) is 0 Å². The van der Waals surface area contributed by atoms with Crippen LogP contribution in [-0.4, -0.2) is 23.8 Å². The smallest absolute Gasteiger partial charge is 0.150 e. The molecule has 0 radical (unpaired) electrons. The lowest BCUT2D eigenvalue weighted by Crippen LogP contribution is -2.29. The molecule has 2 aromatic rings. The van der Waals surface area contributed by atoms with E-state index in [0.29, 0.717) is 0 Å². The maximum absolute atomic E-state index is 5.53. The molecule has 0 unspecified atom stereocenters. The molecular weight excluding hydrogens is 295 g/mol. The van der Waals surface area contributed by atoms with E-state index < -0.39 is 0 Å². The molecule has 0 bridgehead atoms. The largest absolute Gasteiger partial charge is 0.463 e. The standard InChI is InChI=1S/C15H12N2O.2ClH/c1-2-5-12-11(4-1)10-13(14-6-3-9-18-14)17-8-7-16-15(12)17;;/h1-6,9-10H,7-8H2;2*1H. The van der Waals surface area contributed by atoms with E-state index in [4.69, 9.17) is 4.42 Å². The number of fused-ring (bicyclic) bond motifs is 3. The Morgan fingerprint density at radius 3 is 2.70 bits per heavy atom. The Balaban J connectivity index is 0.000000735. The van der Waals surface area contributed by atoms with Crippen molar-refractivity contribution in [2.75, 3.05) is 13.1 Å². The van der Waals surface area contributed by atoms with Crippen LogP contribution in [0.4, 0.5) is 0 Å². The predicted molar refractivity (Wildman–Crippen MR) is 85.6 cm³/mol. The number of hydrogen-bond acceptors (Lipinski definition) is 3. The molecule has 0 amide bonds. The molecule has 0 spiro atoms. The van der Waals surface area contributed by atoms with E-state index in [-0.39, 0.29) is 24.8 Å². The van der Waals surface area contributed by atoms with E-state index in [2.05, 4.69) is 40.2 Å². The molecule has 0 saturated carbocycles. The lowest BCUT2D eigenvalue weighted by molar-refractivity contribution is 0.523. The first-order valence-corrected chi connectivity index (χ1v) is 6.10. The zero-order chi connectivity index (χ0) is 11.9. The van der Waals surface area contributed by atoms with Gasteiger partial charge < -0.3 is 9.32 Å². The van der Waals surface area contributed by atoms with Crippen LogP contribution in [-0.2, 0) is 0 Å². The van der Waals surface area contributed by atoms with Crippen molar-refractivity contribution in [3.8, 4) is 0 Å². The molecule has 20 heavy (non-hydrogen) atoms. The van der Waals surface area contributed by atoms with Crippen LogP contribution >= 0.6 is 24.8 Å². The summed E-state index contributed by atoms with van der Waals surface area (Å²) in [6.07, 6.45) is 3.89. The third-order valence-electron chi connectivity index (χ3n) is 3.40. The normalized spacial score (nSPS) is 15.3. The summed E-state index contributed by atoms with van der Waals surface area (Å²) in [7, 11) is 0. The lowest BCUT2D eigenvalue weighted by Gasteiger charge is -2.27. The molecule has 0 atom stereocenters. The number of halogens is 2. The van der Waals surface area contributed by atoms with E-state index in [1.165, 1.54) is 11.1 Å². The average Bonchev–Trinajstić information content (AvgIpc) is 3.09. The highest BCUT2D eigenvalue weighted by Crippen LogP contribution is 2.33. The predicted octanol–water partition coefficient (Wildman–Crippen LogP) is 3.70. The Bertz CT molecular complexity index is 662. The number of hydrogen-bond donors (Lipinski definition) is 0. The fraction of sp³-hybridized carbons (Fsp3) is 0.133. The number of benzene rings is 1. The molecule has 0 saturated heterocycles. The molecule has 0 N–H and O–H groups in total. The number of nitrogens with zero attached hydrogens (tertiary/aromatic N) is 2. The molecule has 3 heterocycles. The SMILES string of the molecule is C1=C(c2ccco2)N2CCN=C2c2ccccc21.Cl.Cl. The summed E-state index contributed by atoms with van der Waals surface area (Å²) in [5.41, 5.74) is 3.53. The zero-order valence-electron chi connectivity index (χ0n) is 10.7. The Hall–Kier alpha value is -1.71. The summed E-state index contributed by atoms with van der Waals surface area (Å²) in [5, 5.41) is 0. The van der Waals surface area contributed by atoms with Crippen molar-refractivity contribution in [1.82, 2.24) is 4.90 Å². The summed E-state index contributed by atoms with van der Waals surface area (Å²) in [4.78, 5) is 6.86. The first kappa shape index (κ1) is 14.7. The molecule has 5 heteroatoms. The molecular formula is C15H14Cl2N2O. The van der Waals surface area contributed by atoms with Crippen LogP contribution in [0.2, 0.25) is 0 Å². The van der Waals surface area contributed by atoms with E-state index in [0.717, 1.165) is 30.4 Å². The third-order valence-corrected chi connectivity index (χ3v) is 3.40. The van der Waals surface area contributed by atoms with Crippen molar-refractivity contribution in [2.24, 2.45) is 4.99 Å². The second kappa shape index (κ2) is 5.73. The van der Waals surface area contributed by atoms with Gasteiger partial charge in [-0.2, -0.15) is 0 Å². The first-order chi connectivity index (χ1) is 8.93. The first-order valence-electron chi connectivity index (χ1n) is 6.10. The van der Waals surface area contributed by atoms with Gasteiger partial charge in [-0.1, -0.05) is 24.3 Å². The topological polar surface area (TPSA) is 28.7 Å². The van der Waals surface area contributed by atoms with E-state index in [9.17, 15) is 0 Å². The fourth-order valence-electron chi connectivity index (χ4n) is 2.59. The molecule has 2 aliphatic heterocycles. The molecule has 1 aromatic carbocycles. The molecule has 2 aliphatic rings. The van der Waals surface area contributed by atoms with Gasteiger partial charge >= 0.3 is 0 Å². The molecule has 3 nitrogen and oxygen atoms in total. The highest BCUT2D eigenvalue weighted by molar-refractivity contribution is 6.11. The third kappa shape index (κ3) is 2.13. The van der Waals surface area contributed by atoms with Crippen LogP contribution in [0.3, 0.4) is 0 Å². The van der Waals surface area contributed by atoms with Gasteiger partial charge in [-0.3, -0.25) is 4.99 Å². The molecule has 1 aromatic heterocycles. The maximum Gasteiger partial charge on any atom is 0.150 e. The minimum Gasteiger partial charge on any atom is -0.463 e. The van der Waals surface area contributed by atoms with Crippen LogP contribution in [0.1, 0.15) is 16.9 Å². The van der Waals surface area contributed by atoms with Crippen molar-refractivity contribution in [3.05, 3.63) is 59.5 Å². The van der Waals surface area contributed by atoms with Crippen molar-refractivity contribution >= 4 is 42.4 Å². The Kier molecular flexibility index (Phi) is 4.21. The van der Waals surface area contributed by atoms with Crippen molar-refractivity contribution < 1.29 is 4.42 Å². The van der Waals surface area contributed by atoms with Crippen LogP contribution in [0.15, 0.2) is 52.1 Å². The maximum atomic E-state index is 5.53. The quantitative estimate of drug-likeness (QED) is 0.803. The highest BCUT2D eigenvalue weighted by Gasteiger charge is 2.29. The van der Waals surface area contributed by atoms with E-state index in [1.807, 2.05) is 12.1 Å². The molecule has 0 fully saturated rings. The fourth-order valence-corrected chi connectivity index (χ4v) is 2.59. The second-order valence-electron chi connectivity index (χ2n) is 4.45. The molecule has 104 valence electrons. The van der Waals surface area contributed by atoms with Gasteiger partial charge in [0.05, 0.1) is 18.5 Å². The lowest BCUT2D eigenvalue weighted by atomic mass is 10.00. The average molecular weight is 309 g/mol. The number of aliphatic imine (C=N–C) groups is 1.